The van der Waals surface area contributed by atoms with Crippen LogP contribution < -0.4 is 14.4 Å². The number of rotatable bonds is 5. The molecule has 9 heteroatoms. The summed E-state index contributed by atoms with van der Waals surface area (Å²) in [7, 11) is -2.51. The van der Waals surface area contributed by atoms with Crippen LogP contribution in [0.1, 0.15) is 35.2 Å². The van der Waals surface area contributed by atoms with Crippen molar-refractivity contribution in [3.8, 4) is 5.75 Å². The average molecular weight is 445 g/mol. The molecule has 2 aromatic carbocycles. The lowest BCUT2D eigenvalue weighted by molar-refractivity contribution is -0.129. The average Bonchev–Trinajstić information content (AvgIpc) is 3.12. The third kappa shape index (κ3) is 4.10. The van der Waals surface area contributed by atoms with Crippen LogP contribution in [0.25, 0.3) is 0 Å². The van der Waals surface area contributed by atoms with E-state index in [-0.39, 0.29) is 22.1 Å². The fourth-order valence-corrected chi connectivity index (χ4v) is 5.44. The molecule has 0 aromatic heterocycles. The fraction of sp³-hybridized carbons (Fsp3) is 0.364. The molecule has 1 saturated heterocycles. The highest BCUT2D eigenvalue weighted by atomic mass is 32.2. The van der Waals surface area contributed by atoms with Crippen LogP contribution in [0.2, 0.25) is 0 Å². The van der Waals surface area contributed by atoms with E-state index in [0.29, 0.717) is 31.6 Å². The van der Waals surface area contributed by atoms with Gasteiger partial charge in [0.15, 0.2) is 6.10 Å². The summed E-state index contributed by atoms with van der Waals surface area (Å²) in [6.45, 7) is 0.872. The third-order valence-corrected chi connectivity index (χ3v) is 7.37. The highest BCUT2D eigenvalue weighted by molar-refractivity contribution is 7.92. The summed E-state index contributed by atoms with van der Waals surface area (Å²) in [6, 6.07) is 11.4. The van der Waals surface area contributed by atoms with Gasteiger partial charge in [-0.1, -0.05) is 18.2 Å². The van der Waals surface area contributed by atoms with Crippen LogP contribution in [0.15, 0.2) is 47.4 Å². The molecule has 1 fully saturated rings. The number of fused-ring (bicyclic) bond motifs is 1. The van der Waals surface area contributed by atoms with Crippen molar-refractivity contribution in [1.82, 2.24) is 5.32 Å². The van der Waals surface area contributed by atoms with E-state index < -0.39 is 22.1 Å². The Labute approximate surface area is 181 Å². The Morgan fingerprint density at radius 3 is 2.77 bits per heavy atom. The number of benzene rings is 2. The van der Waals surface area contributed by atoms with Gasteiger partial charge in [0.2, 0.25) is 0 Å². The number of nitrogens with zero attached hydrogens (tertiary/aromatic N) is 1. The number of sulfonamides is 1. The Balaban J connectivity index is 1.64. The van der Waals surface area contributed by atoms with Crippen molar-refractivity contribution in [2.75, 3.05) is 24.5 Å². The van der Waals surface area contributed by atoms with Crippen molar-refractivity contribution in [2.45, 2.75) is 36.7 Å². The van der Waals surface area contributed by atoms with Gasteiger partial charge in [-0.05, 0) is 55.5 Å². The summed E-state index contributed by atoms with van der Waals surface area (Å²) in [5.74, 6) is -0.958. The number of para-hydroxylation sites is 1. The molecule has 4 rings (SSSR count). The maximum Gasteiger partial charge on any atom is 0.342 e. The molecule has 2 aliphatic heterocycles. The minimum Gasteiger partial charge on any atom is -0.496 e. The molecule has 0 aliphatic carbocycles. The predicted octanol–water partition coefficient (Wildman–Crippen LogP) is 2.27. The van der Waals surface area contributed by atoms with Crippen molar-refractivity contribution < 1.29 is 27.5 Å². The van der Waals surface area contributed by atoms with Crippen LogP contribution >= 0.6 is 0 Å². The zero-order chi connectivity index (χ0) is 22.0. The molecule has 1 atom stereocenters. The number of methoxy groups -OCH3 is 1. The second kappa shape index (κ2) is 8.58. The Morgan fingerprint density at radius 2 is 1.97 bits per heavy atom. The van der Waals surface area contributed by atoms with Gasteiger partial charge in [0.05, 0.1) is 17.7 Å². The van der Waals surface area contributed by atoms with Gasteiger partial charge in [0.25, 0.3) is 15.9 Å². The van der Waals surface area contributed by atoms with Crippen LogP contribution in [0.3, 0.4) is 0 Å². The number of hydrogen-bond acceptors (Lipinski definition) is 6. The van der Waals surface area contributed by atoms with Crippen LogP contribution in [0.5, 0.6) is 5.75 Å². The molecule has 0 spiro atoms. The van der Waals surface area contributed by atoms with Gasteiger partial charge in [-0.25, -0.2) is 13.2 Å². The van der Waals surface area contributed by atoms with Crippen LogP contribution in [0.4, 0.5) is 5.69 Å². The summed E-state index contributed by atoms with van der Waals surface area (Å²) < 4.78 is 38.7. The minimum atomic E-state index is -3.89. The van der Waals surface area contributed by atoms with Crippen LogP contribution in [-0.4, -0.2) is 46.6 Å². The number of ether oxygens (including phenoxy) is 2. The molecule has 0 unspecified atom stereocenters. The van der Waals surface area contributed by atoms with E-state index in [1.54, 1.807) is 12.1 Å². The summed E-state index contributed by atoms with van der Waals surface area (Å²) >= 11 is 0. The van der Waals surface area contributed by atoms with Gasteiger partial charge in [0.1, 0.15) is 11.3 Å². The zero-order valence-corrected chi connectivity index (χ0v) is 18.0. The first-order valence-electron chi connectivity index (χ1n) is 10.2. The first-order chi connectivity index (χ1) is 14.9. The number of amides is 1. The lowest BCUT2D eigenvalue weighted by atomic mass is 10.1. The maximum absolute atomic E-state index is 13.3. The molecule has 2 heterocycles. The minimum absolute atomic E-state index is 0.0342. The lowest BCUT2D eigenvalue weighted by Crippen LogP contribution is -2.36. The first kappa shape index (κ1) is 21.2. The largest absolute Gasteiger partial charge is 0.496 e. The summed E-state index contributed by atoms with van der Waals surface area (Å²) in [5, 5.41) is 2.71. The molecule has 0 bridgehead atoms. The number of esters is 1. The highest BCUT2D eigenvalue weighted by Gasteiger charge is 2.32. The lowest BCUT2D eigenvalue weighted by Gasteiger charge is -2.21. The van der Waals surface area contributed by atoms with Crippen molar-refractivity contribution in [2.24, 2.45) is 0 Å². The van der Waals surface area contributed by atoms with E-state index in [2.05, 4.69) is 5.32 Å². The molecule has 1 amide bonds. The van der Waals surface area contributed by atoms with Crippen molar-refractivity contribution in [3.63, 3.8) is 0 Å². The van der Waals surface area contributed by atoms with Crippen LogP contribution in [-0.2, 0) is 26.0 Å². The second-order valence-corrected chi connectivity index (χ2v) is 9.36. The normalized spacial score (nSPS) is 18.7. The Kier molecular flexibility index (Phi) is 5.86. The molecule has 2 aromatic rings. The molecule has 2 aliphatic rings. The van der Waals surface area contributed by atoms with Crippen molar-refractivity contribution in [1.29, 1.82) is 0 Å². The number of carbonyl (C=O) groups is 2. The molecular weight excluding hydrogens is 420 g/mol. The Hall–Kier alpha value is -3.07. The van der Waals surface area contributed by atoms with Crippen molar-refractivity contribution >= 4 is 27.6 Å². The number of nitrogens with one attached hydrogen (secondary N) is 1. The van der Waals surface area contributed by atoms with E-state index >= 15 is 0 Å². The van der Waals surface area contributed by atoms with Crippen molar-refractivity contribution in [3.05, 3.63) is 53.6 Å². The van der Waals surface area contributed by atoms with Gasteiger partial charge in [-0.15, -0.1) is 0 Å². The molecule has 0 saturated carbocycles. The van der Waals surface area contributed by atoms with E-state index in [1.165, 1.54) is 29.6 Å². The zero-order valence-electron chi connectivity index (χ0n) is 17.2. The SMILES string of the molecule is COc1ccc(S(=O)(=O)N2CCc3ccccc32)cc1C(=O)O[C@@H]1CCCCNC1=O. The first-order valence-corrected chi connectivity index (χ1v) is 11.6. The standard InChI is InChI=1S/C22H24N2O6S/c1-29-19-10-9-16(31(27,28)24-13-11-15-6-2-3-7-18(15)24)14-17(19)22(26)30-20-8-4-5-12-23-21(20)25/h2-3,6-7,9-10,14,20H,4-5,8,11-13H2,1H3,(H,23,25)/t20-/m1/s1. The third-order valence-electron chi connectivity index (χ3n) is 5.56. The number of carbonyl (C=O) groups excluding carboxylic acids is 2. The second-order valence-electron chi connectivity index (χ2n) is 7.50. The van der Waals surface area contributed by atoms with Gasteiger partial charge >= 0.3 is 5.97 Å². The molecule has 0 radical (unpaired) electrons. The van der Waals surface area contributed by atoms with E-state index in [1.807, 2.05) is 12.1 Å². The smallest absolute Gasteiger partial charge is 0.342 e. The van der Waals surface area contributed by atoms with Crippen LogP contribution in [0, 0.1) is 0 Å². The molecule has 1 N–H and O–H groups in total. The summed E-state index contributed by atoms with van der Waals surface area (Å²) in [5.41, 5.74) is 1.56. The number of anilines is 1. The summed E-state index contributed by atoms with van der Waals surface area (Å²) in [4.78, 5) is 24.9. The quantitative estimate of drug-likeness (QED) is 0.710. The van der Waals surface area contributed by atoms with Gasteiger partial charge in [-0.3, -0.25) is 9.10 Å². The number of hydrogen-bond donors (Lipinski definition) is 1. The monoisotopic (exact) mass is 444 g/mol. The topological polar surface area (TPSA) is 102 Å². The molecular formula is C22H24N2O6S. The fourth-order valence-electron chi connectivity index (χ4n) is 3.91. The highest BCUT2D eigenvalue weighted by Crippen LogP contribution is 2.34. The Morgan fingerprint density at radius 1 is 1.16 bits per heavy atom. The maximum atomic E-state index is 13.3. The van der Waals surface area contributed by atoms with E-state index in [4.69, 9.17) is 9.47 Å². The Bertz CT molecular complexity index is 1110. The van der Waals surface area contributed by atoms with Gasteiger partial charge < -0.3 is 14.8 Å². The van der Waals surface area contributed by atoms with E-state index in [9.17, 15) is 18.0 Å². The predicted molar refractivity (Wildman–Crippen MR) is 114 cm³/mol. The molecule has 164 valence electrons. The molecule has 8 nitrogen and oxygen atoms in total. The van der Waals surface area contributed by atoms with Gasteiger partial charge in [0, 0.05) is 13.1 Å². The van der Waals surface area contributed by atoms with Gasteiger partial charge in [-0.2, -0.15) is 0 Å². The summed E-state index contributed by atoms with van der Waals surface area (Å²) in [6.07, 6.45) is 1.69. The molecule has 31 heavy (non-hydrogen) atoms. The van der Waals surface area contributed by atoms with E-state index in [0.717, 1.165) is 18.4 Å².